The number of benzene rings is 2. The van der Waals surface area contributed by atoms with E-state index in [2.05, 4.69) is 5.32 Å². The van der Waals surface area contributed by atoms with Gasteiger partial charge in [-0.3, -0.25) is 0 Å². The van der Waals surface area contributed by atoms with Gasteiger partial charge in [-0.1, -0.05) is 29.8 Å². The molecule has 0 heterocycles. The van der Waals surface area contributed by atoms with Crippen molar-refractivity contribution in [1.29, 1.82) is 0 Å². The molecule has 3 nitrogen and oxygen atoms in total. The Kier molecular flexibility index (Phi) is 6.72. The summed E-state index contributed by atoms with van der Waals surface area (Å²) < 4.78 is 24.7. The molecule has 130 valence electrons. The van der Waals surface area contributed by atoms with Crippen LogP contribution in [-0.2, 0) is 13.2 Å². The number of nitrogens with one attached hydrogen (secondary N) is 1. The van der Waals surface area contributed by atoms with Crippen LogP contribution in [0.2, 0.25) is 5.02 Å². The van der Waals surface area contributed by atoms with Gasteiger partial charge in [0.05, 0.1) is 12.1 Å². The smallest absolute Gasteiger partial charge is 0.180 e. The lowest BCUT2D eigenvalue weighted by molar-refractivity contribution is 0.279. The molecule has 24 heavy (non-hydrogen) atoms. The lowest BCUT2D eigenvalue weighted by Crippen LogP contribution is -2.15. The highest BCUT2D eigenvalue weighted by Crippen LogP contribution is 2.37. The van der Waals surface area contributed by atoms with E-state index in [1.165, 1.54) is 18.9 Å². The molecule has 6 heteroatoms. The van der Waals surface area contributed by atoms with E-state index >= 15 is 0 Å². The summed E-state index contributed by atoms with van der Waals surface area (Å²) in [5.74, 6) is 0.696. The van der Waals surface area contributed by atoms with Gasteiger partial charge in [-0.2, -0.15) is 0 Å². The van der Waals surface area contributed by atoms with E-state index in [0.717, 1.165) is 12.1 Å². The van der Waals surface area contributed by atoms with Gasteiger partial charge in [0.15, 0.2) is 11.5 Å². The summed E-state index contributed by atoms with van der Waals surface area (Å²) in [5.41, 5.74) is 1.52. The molecule has 3 rings (SSSR count). The van der Waals surface area contributed by atoms with Gasteiger partial charge in [0.25, 0.3) is 0 Å². The van der Waals surface area contributed by atoms with Crippen molar-refractivity contribution in [3.8, 4) is 11.5 Å². The van der Waals surface area contributed by atoms with Crippen LogP contribution < -0.4 is 14.8 Å². The molecule has 0 aliphatic heterocycles. The van der Waals surface area contributed by atoms with Crippen molar-refractivity contribution < 1.29 is 13.9 Å². The van der Waals surface area contributed by atoms with Gasteiger partial charge in [0.1, 0.15) is 12.4 Å². The molecule has 0 atom stereocenters. The number of rotatable bonds is 7. The number of hydrogen-bond donors (Lipinski definition) is 1. The van der Waals surface area contributed by atoms with E-state index in [1.807, 2.05) is 12.1 Å². The van der Waals surface area contributed by atoms with Crippen molar-refractivity contribution in [1.82, 2.24) is 5.32 Å². The van der Waals surface area contributed by atoms with Gasteiger partial charge in [-0.15, -0.1) is 12.4 Å². The third-order valence-corrected chi connectivity index (χ3v) is 4.07. The van der Waals surface area contributed by atoms with Gasteiger partial charge in [0, 0.05) is 18.2 Å². The Morgan fingerprint density at radius 1 is 1.25 bits per heavy atom. The topological polar surface area (TPSA) is 30.5 Å². The Bertz CT molecular complexity index is 693. The van der Waals surface area contributed by atoms with Crippen LogP contribution in [0, 0.1) is 5.82 Å². The average Bonchev–Trinajstić information content (AvgIpc) is 3.37. The number of hydrogen-bond acceptors (Lipinski definition) is 3. The first-order valence-corrected chi connectivity index (χ1v) is 8.01. The maximum atomic E-state index is 13.7. The highest BCUT2D eigenvalue weighted by Gasteiger charge is 2.20. The van der Waals surface area contributed by atoms with Crippen LogP contribution in [-0.4, -0.2) is 13.2 Å². The summed E-state index contributed by atoms with van der Waals surface area (Å²) in [6, 6.07) is 10.9. The second-order valence-corrected chi connectivity index (χ2v) is 6.05. The van der Waals surface area contributed by atoms with Crippen LogP contribution in [0.3, 0.4) is 0 Å². The Labute approximate surface area is 152 Å². The summed E-state index contributed by atoms with van der Waals surface area (Å²) in [4.78, 5) is 0. The average molecular weight is 372 g/mol. The highest BCUT2D eigenvalue weighted by atomic mass is 35.5. The normalized spacial score (nSPS) is 13.3. The fourth-order valence-electron chi connectivity index (χ4n) is 2.33. The van der Waals surface area contributed by atoms with Crippen LogP contribution >= 0.6 is 24.0 Å². The summed E-state index contributed by atoms with van der Waals surface area (Å²) in [7, 11) is 1.57. The first-order chi connectivity index (χ1) is 11.2. The van der Waals surface area contributed by atoms with Gasteiger partial charge in [0.2, 0.25) is 0 Å². The minimum absolute atomic E-state index is 0. The van der Waals surface area contributed by atoms with Crippen LogP contribution in [0.5, 0.6) is 11.5 Å². The summed E-state index contributed by atoms with van der Waals surface area (Å²) >= 11 is 6.32. The molecule has 0 saturated heterocycles. The molecular formula is C18H20Cl2FNO2. The molecule has 0 aromatic heterocycles. The van der Waals surface area contributed by atoms with Gasteiger partial charge in [-0.25, -0.2) is 4.39 Å². The summed E-state index contributed by atoms with van der Waals surface area (Å²) in [5, 5.41) is 3.90. The predicted octanol–water partition coefficient (Wildman–Crippen LogP) is 4.74. The molecule has 0 radical (unpaired) electrons. The maximum Gasteiger partial charge on any atom is 0.180 e. The lowest BCUT2D eigenvalue weighted by Gasteiger charge is -2.15. The molecule has 0 unspecified atom stereocenters. The molecule has 0 amide bonds. The molecule has 0 spiro atoms. The van der Waals surface area contributed by atoms with E-state index in [4.69, 9.17) is 21.1 Å². The predicted molar refractivity (Wildman–Crippen MR) is 95.8 cm³/mol. The fraction of sp³-hybridized carbons (Fsp3) is 0.333. The van der Waals surface area contributed by atoms with E-state index in [9.17, 15) is 4.39 Å². The zero-order chi connectivity index (χ0) is 16.2. The van der Waals surface area contributed by atoms with Crippen molar-refractivity contribution >= 4 is 24.0 Å². The molecule has 1 aliphatic carbocycles. The highest BCUT2D eigenvalue weighted by molar-refractivity contribution is 6.32. The molecule has 2 aromatic carbocycles. The Morgan fingerprint density at radius 3 is 2.67 bits per heavy atom. The van der Waals surface area contributed by atoms with E-state index in [0.29, 0.717) is 28.1 Å². The third kappa shape index (κ3) is 4.76. The lowest BCUT2D eigenvalue weighted by atomic mass is 10.2. The second kappa shape index (κ2) is 8.56. The molecule has 1 N–H and O–H groups in total. The van der Waals surface area contributed by atoms with Gasteiger partial charge in [-0.05, 0) is 36.6 Å². The molecule has 1 saturated carbocycles. The van der Waals surface area contributed by atoms with Crippen molar-refractivity contribution in [2.24, 2.45) is 0 Å². The molecule has 0 bridgehead atoms. The van der Waals surface area contributed by atoms with Crippen molar-refractivity contribution in [2.75, 3.05) is 7.11 Å². The second-order valence-electron chi connectivity index (χ2n) is 5.64. The zero-order valence-corrected chi connectivity index (χ0v) is 14.9. The van der Waals surface area contributed by atoms with E-state index in [-0.39, 0.29) is 24.8 Å². The Hall–Kier alpha value is -1.49. The van der Waals surface area contributed by atoms with Crippen molar-refractivity contribution in [2.45, 2.75) is 32.0 Å². The van der Waals surface area contributed by atoms with Crippen LogP contribution in [0.4, 0.5) is 4.39 Å². The first-order valence-electron chi connectivity index (χ1n) is 7.63. The Balaban J connectivity index is 0.00000208. The van der Waals surface area contributed by atoms with E-state index < -0.39 is 0 Å². The summed E-state index contributed by atoms with van der Waals surface area (Å²) in [6.45, 7) is 0.844. The van der Waals surface area contributed by atoms with Gasteiger partial charge < -0.3 is 14.8 Å². The largest absolute Gasteiger partial charge is 0.493 e. The van der Waals surface area contributed by atoms with E-state index in [1.54, 1.807) is 25.3 Å². The Morgan fingerprint density at radius 2 is 2.00 bits per heavy atom. The zero-order valence-electron chi connectivity index (χ0n) is 13.4. The van der Waals surface area contributed by atoms with Gasteiger partial charge >= 0.3 is 0 Å². The van der Waals surface area contributed by atoms with Crippen LogP contribution in [0.15, 0.2) is 36.4 Å². The summed E-state index contributed by atoms with van der Waals surface area (Å²) in [6.07, 6.45) is 2.46. The number of ether oxygens (including phenoxy) is 2. The fourth-order valence-corrected chi connectivity index (χ4v) is 2.62. The molecule has 1 aliphatic rings. The SMILES string of the molecule is COc1cc(CNC2CC2)cc(Cl)c1OCc1ccccc1F.Cl. The minimum atomic E-state index is -0.298. The van der Waals surface area contributed by atoms with Crippen molar-refractivity contribution in [3.05, 3.63) is 58.4 Å². The van der Waals surface area contributed by atoms with Crippen molar-refractivity contribution in [3.63, 3.8) is 0 Å². The monoisotopic (exact) mass is 371 g/mol. The van der Waals surface area contributed by atoms with Crippen LogP contribution in [0.25, 0.3) is 0 Å². The third-order valence-electron chi connectivity index (χ3n) is 3.79. The molecular weight excluding hydrogens is 352 g/mol. The number of methoxy groups -OCH3 is 1. The standard InChI is InChI=1S/C18H19ClFNO2.ClH/c1-22-17-9-12(10-21-14-6-7-14)8-15(19)18(17)23-11-13-4-2-3-5-16(13)20;/h2-5,8-9,14,21H,6-7,10-11H2,1H3;1H. The quantitative estimate of drug-likeness (QED) is 0.762. The first kappa shape index (κ1) is 18.8. The molecule has 1 fully saturated rings. The van der Waals surface area contributed by atoms with Crippen LogP contribution in [0.1, 0.15) is 24.0 Å². The maximum absolute atomic E-state index is 13.7. The number of halogens is 3. The minimum Gasteiger partial charge on any atom is -0.493 e. The molecule has 2 aromatic rings.